The predicted molar refractivity (Wildman–Crippen MR) is 108 cm³/mol. The average molecular weight is 391 g/mol. The monoisotopic (exact) mass is 390 g/mol. The summed E-state index contributed by atoms with van der Waals surface area (Å²) in [5.74, 6) is -0.202. The van der Waals surface area contributed by atoms with Crippen LogP contribution in [0, 0.1) is 0 Å². The molecule has 1 aromatic carbocycles. The molecule has 1 aromatic heterocycles. The van der Waals surface area contributed by atoms with Gasteiger partial charge in [-0.25, -0.2) is 4.98 Å². The minimum absolute atomic E-state index is 0.202. The second-order valence-corrected chi connectivity index (χ2v) is 9.36. The number of aliphatic hydroxyl groups is 1. The molecule has 0 saturated heterocycles. The first-order valence-electron chi connectivity index (χ1n) is 9.07. The molecule has 0 fully saturated rings. The van der Waals surface area contributed by atoms with Crippen LogP contribution < -0.4 is 5.73 Å². The van der Waals surface area contributed by atoms with Crippen LogP contribution in [-0.4, -0.2) is 16.0 Å². The fourth-order valence-electron chi connectivity index (χ4n) is 3.89. The molecule has 0 atom stereocenters. The summed E-state index contributed by atoms with van der Waals surface area (Å²) in [4.78, 5) is 15.1. The molecular weight excluding hydrogens is 364 g/mol. The van der Waals surface area contributed by atoms with Gasteiger partial charge in [0.15, 0.2) is 0 Å². The highest BCUT2D eigenvalue weighted by atomic mass is 32.2. The normalized spacial score (nSPS) is 15.2. The second-order valence-electron chi connectivity index (χ2n) is 7.54. The maximum Gasteiger partial charge on any atom is 0.221 e. The van der Waals surface area contributed by atoms with Crippen molar-refractivity contribution < 1.29 is 9.90 Å². The SMILES string of the molecule is CC(C)(O)c1ncc(S)s1.NC(=O)Cc1cc2c(c3c1CCC3)CCC2. The van der Waals surface area contributed by atoms with Crippen molar-refractivity contribution in [3.63, 3.8) is 0 Å². The van der Waals surface area contributed by atoms with Crippen LogP contribution in [0.5, 0.6) is 0 Å². The summed E-state index contributed by atoms with van der Waals surface area (Å²) >= 11 is 5.48. The first kappa shape index (κ1) is 19.4. The summed E-state index contributed by atoms with van der Waals surface area (Å²) < 4.78 is 0.831. The van der Waals surface area contributed by atoms with Crippen molar-refractivity contribution in [1.29, 1.82) is 0 Å². The molecule has 0 saturated carbocycles. The Hall–Kier alpha value is -1.37. The van der Waals surface area contributed by atoms with E-state index in [-0.39, 0.29) is 5.91 Å². The molecule has 0 spiro atoms. The second kappa shape index (κ2) is 7.71. The highest BCUT2D eigenvalue weighted by Crippen LogP contribution is 2.35. The minimum Gasteiger partial charge on any atom is -0.383 e. The van der Waals surface area contributed by atoms with E-state index in [2.05, 4.69) is 23.7 Å². The molecule has 2 aromatic rings. The summed E-state index contributed by atoms with van der Waals surface area (Å²) in [5, 5.41) is 10.1. The first-order chi connectivity index (χ1) is 12.3. The molecule has 2 aliphatic carbocycles. The lowest BCUT2D eigenvalue weighted by Crippen LogP contribution is -2.15. The van der Waals surface area contributed by atoms with Crippen LogP contribution in [0.25, 0.3) is 0 Å². The molecule has 0 unspecified atom stereocenters. The first-order valence-corrected chi connectivity index (χ1v) is 10.3. The number of nitrogens with two attached hydrogens (primary N) is 1. The number of benzene rings is 1. The van der Waals surface area contributed by atoms with E-state index in [1.54, 1.807) is 31.2 Å². The Morgan fingerprint density at radius 1 is 1.23 bits per heavy atom. The topological polar surface area (TPSA) is 76.2 Å². The highest BCUT2D eigenvalue weighted by molar-refractivity contribution is 7.82. The zero-order chi connectivity index (χ0) is 18.9. The summed E-state index contributed by atoms with van der Waals surface area (Å²) in [7, 11) is 0. The number of thiazole rings is 1. The van der Waals surface area contributed by atoms with Gasteiger partial charge in [0.2, 0.25) is 5.91 Å². The smallest absolute Gasteiger partial charge is 0.221 e. The summed E-state index contributed by atoms with van der Waals surface area (Å²) in [6.45, 7) is 3.41. The maximum absolute atomic E-state index is 11.1. The highest BCUT2D eigenvalue weighted by Gasteiger charge is 2.24. The van der Waals surface area contributed by atoms with E-state index in [0.717, 1.165) is 10.6 Å². The molecule has 1 heterocycles. The zero-order valence-electron chi connectivity index (χ0n) is 15.3. The number of thiol groups is 1. The lowest BCUT2D eigenvalue weighted by molar-refractivity contribution is -0.117. The Labute approximate surface area is 164 Å². The number of primary amides is 1. The number of hydrogen-bond acceptors (Lipinski definition) is 5. The van der Waals surface area contributed by atoms with Crippen LogP contribution >= 0.6 is 24.0 Å². The standard InChI is InChI=1S/C14H17NO.C6H9NOS2/c15-14(16)8-10-7-9-3-1-4-11(9)13-6-2-5-12(10)13;1-6(2,8)5-7-3-4(9)10-5/h7H,1-6,8H2,(H2,15,16);3,8-9H,1-2H3. The quantitative estimate of drug-likeness (QED) is 0.704. The van der Waals surface area contributed by atoms with Crippen molar-refractivity contribution in [3.05, 3.63) is 45.1 Å². The Bertz CT molecular complexity index is 822. The Morgan fingerprint density at radius 2 is 1.88 bits per heavy atom. The number of hydrogen-bond donors (Lipinski definition) is 3. The third-order valence-electron chi connectivity index (χ3n) is 4.96. The minimum atomic E-state index is -0.828. The maximum atomic E-state index is 11.1. The van der Waals surface area contributed by atoms with Crippen LogP contribution in [0.15, 0.2) is 16.5 Å². The number of amides is 1. The van der Waals surface area contributed by atoms with Crippen molar-refractivity contribution in [2.24, 2.45) is 5.73 Å². The molecule has 3 N–H and O–H groups in total. The molecule has 26 heavy (non-hydrogen) atoms. The third kappa shape index (κ3) is 4.30. The van der Waals surface area contributed by atoms with Crippen molar-refractivity contribution in [1.82, 2.24) is 4.98 Å². The third-order valence-corrected chi connectivity index (χ3v) is 6.46. The molecule has 0 bridgehead atoms. The Kier molecular flexibility index (Phi) is 5.75. The van der Waals surface area contributed by atoms with Gasteiger partial charge in [-0.2, -0.15) is 0 Å². The number of fused-ring (bicyclic) bond motifs is 3. The lowest BCUT2D eigenvalue weighted by atomic mass is 9.93. The van der Waals surface area contributed by atoms with Crippen LogP contribution in [0.4, 0.5) is 0 Å². The fraction of sp³-hybridized carbons (Fsp3) is 0.500. The Balaban J connectivity index is 0.000000170. The summed E-state index contributed by atoms with van der Waals surface area (Å²) in [6, 6.07) is 2.25. The molecule has 0 radical (unpaired) electrons. The van der Waals surface area contributed by atoms with Gasteiger partial charge in [-0.1, -0.05) is 6.07 Å². The number of carbonyl (C=O) groups excluding carboxylic acids is 1. The van der Waals surface area contributed by atoms with Gasteiger partial charge in [-0.05, 0) is 80.2 Å². The molecule has 140 valence electrons. The van der Waals surface area contributed by atoms with Crippen molar-refractivity contribution in [3.8, 4) is 0 Å². The van der Waals surface area contributed by atoms with Gasteiger partial charge < -0.3 is 10.8 Å². The summed E-state index contributed by atoms with van der Waals surface area (Å²) in [5.41, 5.74) is 11.8. The van der Waals surface area contributed by atoms with Gasteiger partial charge in [0.1, 0.15) is 10.6 Å². The van der Waals surface area contributed by atoms with E-state index in [1.807, 2.05) is 0 Å². The summed E-state index contributed by atoms with van der Waals surface area (Å²) in [6.07, 6.45) is 9.38. The Morgan fingerprint density at radius 3 is 2.46 bits per heavy atom. The number of rotatable bonds is 3. The van der Waals surface area contributed by atoms with E-state index < -0.39 is 5.60 Å². The fourth-order valence-corrected chi connectivity index (χ4v) is 4.87. The van der Waals surface area contributed by atoms with Crippen molar-refractivity contribution >= 4 is 29.9 Å². The van der Waals surface area contributed by atoms with E-state index in [0.29, 0.717) is 11.4 Å². The van der Waals surface area contributed by atoms with Crippen LogP contribution in [-0.2, 0) is 42.5 Å². The van der Waals surface area contributed by atoms with Gasteiger partial charge in [0.05, 0.1) is 16.8 Å². The molecule has 4 rings (SSSR count). The molecule has 0 aliphatic heterocycles. The van der Waals surface area contributed by atoms with Crippen molar-refractivity contribution in [2.45, 2.75) is 68.6 Å². The van der Waals surface area contributed by atoms with E-state index >= 15 is 0 Å². The van der Waals surface area contributed by atoms with Crippen LogP contribution in [0.3, 0.4) is 0 Å². The largest absolute Gasteiger partial charge is 0.383 e. The van der Waals surface area contributed by atoms with Crippen LogP contribution in [0.2, 0.25) is 0 Å². The number of aromatic nitrogens is 1. The average Bonchev–Trinajstić information content (AvgIpc) is 3.24. The van der Waals surface area contributed by atoms with E-state index in [9.17, 15) is 9.90 Å². The molecule has 2 aliphatic rings. The lowest BCUT2D eigenvalue weighted by Gasteiger charge is -2.12. The van der Waals surface area contributed by atoms with Crippen LogP contribution in [0.1, 0.15) is 59.5 Å². The van der Waals surface area contributed by atoms with Crippen molar-refractivity contribution in [2.75, 3.05) is 0 Å². The number of carbonyl (C=O) groups is 1. The number of nitrogens with zero attached hydrogens (tertiary/aromatic N) is 1. The van der Waals surface area contributed by atoms with Gasteiger partial charge >= 0.3 is 0 Å². The van der Waals surface area contributed by atoms with Gasteiger partial charge in [-0.3, -0.25) is 4.79 Å². The van der Waals surface area contributed by atoms with Gasteiger partial charge in [0.25, 0.3) is 0 Å². The molecule has 6 heteroatoms. The molecular formula is C20H26N2O2S2. The van der Waals surface area contributed by atoms with Gasteiger partial charge in [-0.15, -0.1) is 24.0 Å². The van der Waals surface area contributed by atoms with Gasteiger partial charge in [0, 0.05) is 0 Å². The zero-order valence-corrected chi connectivity index (χ0v) is 17.1. The molecule has 4 nitrogen and oxygen atoms in total. The van der Waals surface area contributed by atoms with E-state index in [1.165, 1.54) is 60.1 Å². The predicted octanol–water partition coefficient (Wildman–Crippen LogP) is 3.35. The van der Waals surface area contributed by atoms with E-state index in [4.69, 9.17) is 5.73 Å². The number of aryl methyl sites for hydroxylation is 1. The molecule has 1 amide bonds.